The summed E-state index contributed by atoms with van der Waals surface area (Å²) < 4.78 is 18.2. The number of aliphatic hydroxyl groups is 1. The van der Waals surface area contributed by atoms with Crippen molar-refractivity contribution in [1.29, 1.82) is 0 Å². The lowest BCUT2D eigenvalue weighted by molar-refractivity contribution is -0.148. The van der Waals surface area contributed by atoms with Crippen LogP contribution >= 0.6 is 0 Å². The van der Waals surface area contributed by atoms with Gasteiger partial charge in [0, 0.05) is 19.0 Å². The van der Waals surface area contributed by atoms with E-state index in [2.05, 4.69) is 0 Å². The normalized spacial score (nSPS) is 21.3. The molecule has 1 amide bonds. The molecule has 1 aromatic carbocycles. The van der Waals surface area contributed by atoms with Crippen LogP contribution in [0.5, 0.6) is 5.75 Å². The van der Waals surface area contributed by atoms with Gasteiger partial charge in [0.1, 0.15) is 17.6 Å². The molecule has 1 fully saturated rings. The van der Waals surface area contributed by atoms with Gasteiger partial charge in [0.2, 0.25) is 5.91 Å². The standard InChI is InChI=1S/C14H16FNO5/c15-9-2-1-3-11(6-9)21-5-4-13(18)16-8-10(17)7-12(16)14(19)20/h1-3,6,10,12,17H,4-5,7-8H2,(H,19,20). The second-order valence-corrected chi connectivity index (χ2v) is 4.85. The maximum atomic E-state index is 12.9. The van der Waals surface area contributed by atoms with Gasteiger partial charge in [-0.2, -0.15) is 0 Å². The fourth-order valence-corrected chi connectivity index (χ4v) is 2.28. The molecule has 0 bridgehead atoms. The van der Waals surface area contributed by atoms with Crippen LogP contribution in [0, 0.1) is 5.82 Å². The summed E-state index contributed by atoms with van der Waals surface area (Å²) in [4.78, 5) is 24.1. The van der Waals surface area contributed by atoms with Gasteiger partial charge < -0.3 is 19.8 Å². The molecule has 1 aliphatic heterocycles. The highest BCUT2D eigenvalue weighted by Crippen LogP contribution is 2.19. The molecule has 1 aliphatic rings. The molecule has 2 rings (SSSR count). The van der Waals surface area contributed by atoms with Crippen molar-refractivity contribution in [2.24, 2.45) is 0 Å². The minimum Gasteiger partial charge on any atom is -0.493 e. The van der Waals surface area contributed by atoms with E-state index in [1.54, 1.807) is 6.07 Å². The first-order chi connectivity index (χ1) is 9.97. The Kier molecular flexibility index (Phi) is 4.74. The first kappa shape index (κ1) is 15.2. The van der Waals surface area contributed by atoms with Gasteiger partial charge in [0.25, 0.3) is 0 Å². The number of carbonyl (C=O) groups is 2. The van der Waals surface area contributed by atoms with E-state index < -0.39 is 29.8 Å². The molecule has 2 N–H and O–H groups in total. The zero-order valence-electron chi connectivity index (χ0n) is 11.2. The highest BCUT2D eigenvalue weighted by Gasteiger charge is 2.38. The van der Waals surface area contributed by atoms with E-state index in [0.717, 1.165) is 4.90 Å². The predicted molar refractivity (Wildman–Crippen MR) is 70.3 cm³/mol. The molecule has 1 aromatic rings. The average Bonchev–Trinajstić information content (AvgIpc) is 2.81. The molecule has 0 saturated carbocycles. The quantitative estimate of drug-likeness (QED) is 0.833. The van der Waals surface area contributed by atoms with E-state index in [1.807, 2.05) is 0 Å². The van der Waals surface area contributed by atoms with Crippen molar-refractivity contribution >= 4 is 11.9 Å². The Morgan fingerprint density at radius 3 is 2.86 bits per heavy atom. The predicted octanol–water partition coefficient (Wildman–Crippen LogP) is 0.641. The van der Waals surface area contributed by atoms with Crippen molar-refractivity contribution in [3.05, 3.63) is 30.1 Å². The average molecular weight is 297 g/mol. The third-order valence-electron chi connectivity index (χ3n) is 3.27. The number of carboxylic acid groups (broad SMARTS) is 1. The first-order valence-electron chi connectivity index (χ1n) is 6.56. The molecule has 0 radical (unpaired) electrons. The molecule has 0 spiro atoms. The van der Waals surface area contributed by atoms with Crippen molar-refractivity contribution in [3.8, 4) is 5.75 Å². The van der Waals surface area contributed by atoms with E-state index in [4.69, 9.17) is 9.84 Å². The first-order valence-corrected chi connectivity index (χ1v) is 6.56. The van der Waals surface area contributed by atoms with Crippen LogP contribution in [-0.4, -0.2) is 52.3 Å². The zero-order chi connectivity index (χ0) is 15.4. The molecule has 114 valence electrons. The summed E-state index contributed by atoms with van der Waals surface area (Å²) in [5, 5.41) is 18.5. The number of nitrogens with zero attached hydrogens (tertiary/aromatic N) is 1. The van der Waals surface area contributed by atoms with Crippen molar-refractivity contribution in [2.75, 3.05) is 13.2 Å². The second-order valence-electron chi connectivity index (χ2n) is 4.85. The SMILES string of the molecule is O=C(O)C1CC(O)CN1C(=O)CCOc1cccc(F)c1. The van der Waals surface area contributed by atoms with Crippen molar-refractivity contribution in [3.63, 3.8) is 0 Å². The summed E-state index contributed by atoms with van der Waals surface area (Å²) in [6, 6.07) is 4.53. The van der Waals surface area contributed by atoms with Crippen LogP contribution in [0.15, 0.2) is 24.3 Å². The van der Waals surface area contributed by atoms with Crippen LogP contribution in [-0.2, 0) is 9.59 Å². The molecular formula is C14H16FNO5. The summed E-state index contributed by atoms with van der Waals surface area (Å²) in [5.41, 5.74) is 0. The van der Waals surface area contributed by atoms with Crippen LogP contribution in [0.25, 0.3) is 0 Å². The monoisotopic (exact) mass is 297 g/mol. The van der Waals surface area contributed by atoms with Gasteiger partial charge in [-0.05, 0) is 12.1 Å². The number of carbonyl (C=O) groups excluding carboxylic acids is 1. The minimum absolute atomic E-state index is 0.00969. The number of ether oxygens (including phenoxy) is 1. The van der Waals surface area contributed by atoms with E-state index in [1.165, 1.54) is 18.2 Å². The number of halogens is 1. The fourth-order valence-electron chi connectivity index (χ4n) is 2.28. The van der Waals surface area contributed by atoms with Gasteiger partial charge in [0.05, 0.1) is 19.1 Å². The Morgan fingerprint density at radius 2 is 2.19 bits per heavy atom. The number of aliphatic carboxylic acids is 1. The lowest BCUT2D eigenvalue weighted by atomic mass is 10.2. The summed E-state index contributed by atoms with van der Waals surface area (Å²) in [5.74, 6) is -1.67. The smallest absolute Gasteiger partial charge is 0.326 e. The van der Waals surface area contributed by atoms with Crippen LogP contribution in [0.1, 0.15) is 12.8 Å². The van der Waals surface area contributed by atoms with Gasteiger partial charge in [-0.25, -0.2) is 9.18 Å². The highest BCUT2D eigenvalue weighted by atomic mass is 19.1. The summed E-state index contributed by atoms with van der Waals surface area (Å²) in [7, 11) is 0. The van der Waals surface area contributed by atoms with Crippen molar-refractivity contribution in [2.45, 2.75) is 25.0 Å². The number of rotatable bonds is 5. The Morgan fingerprint density at radius 1 is 1.43 bits per heavy atom. The number of hydrogen-bond acceptors (Lipinski definition) is 4. The maximum absolute atomic E-state index is 12.9. The van der Waals surface area contributed by atoms with E-state index in [0.29, 0.717) is 5.75 Å². The van der Waals surface area contributed by atoms with E-state index >= 15 is 0 Å². The van der Waals surface area contributed by atoms with Crippen LogP contribution < -0.4 is 4.74 Å². The highest BCUT2D eigenvalue weighted by molar-refractivity contribution is 5.84. The van der Waals surface area contributed by atoms with Crippen LogP contribution in [0.2, 0.25) is 0 Å². The summed E-state index contributed by atoms with van der Waals surface area (Å²) in [6.45, 7) is 0.0248. The number of likely N-dealkylation sites (tertiary alicyclic amines) is 1. The lowest BCUT2D eigenvalue weighted by Crippen LogP contribution is -2.41. The number of benzene rings is 1. The minimum atomic E-state index is -1.13. The largest absolute Gasteiger partial charge is 0.493 e. The van der Waals surface area contributed by atoms with Gasteiger partial charge in [-0.1, -0.05) is 6.07 Å². The van der Waals surface area contributed by atoms with Gasteiger partial charge >= 0.3 is 5.97 Å². The molecule has 2 unspecified atom stereocenters. The molecular weight excluding hydrogens is 281 g/mol. The number of carboxylic acids is 1. The number of β-amino-alcohol motifs (C(OH)–C–C–N with tert-alkyl or cyclic N) is 1. The molecule has 1 heterocycles. The van der Waals surface area contributed by atoms with Gasteiger partial charge in [0.15, 0.2) is 0 Å². The molecule has 2 atom stereocenters. The fraction of sp³-hybridized carbons (Fsp3) is 0.429. The summed E-state index contributed by atoms with van der Waals surface area (Å²) >= 11 is 0. The van der Waals surface area contributed by atoms with Crippen LogP contribution in [0.3, 0.4) is 0 Å². The third kappa shape index (κ3) is 3.91. The maximum Gasteiger partial charge on any atom is 0.326 e. The van der Waals surface area contributed by atoms with Crippen LogP contribution in [0.4, 0.5) is 4.39 Å². The Bertz CT molecular complexity index is 536. The topological polar surface area (TPSA) is 87.1 Å². The number of amides is 1. The lowest BCUT2D eigenvalue weighted by Gasteiger charge is -2.21. The molecule has 7 heteroatoms. The zero-order valence-corrected chi connectivity index (χ0v) is 11.2. The molecule has 1 saturated heterocycles. The molecule has 0 aliphatic carbocycles. The second kappa shape index (κ2) is 6.53. The van der Waals surface area contributed by atoms with Crippen molar-refractivity contribution < 1.29 is 28.9 Å². The van der Waals surface area contributed by atoms with E-state index in [9.17, 15) is 19.1 Å². The molecule has 21 heavy (non-hydrogen) atoms. The Hall–Kier alpha value is -2.15. The molecule has 6 nitrogen and oxygen atoms in total. The van der Waals surface area contributed by atoms with Crippen molar-refractivity contribution in [1.82, 2.24) is 4.90 Å². The van der Waals surface area contributed by atoms with Gasteiger partial charge in [-0.3, -0.25) is 4.79 Å². The third-order valence-corrected chi connectivity index (χ3v) is 3.27. The summed E-state index contributed by atoms with van der Waals surface area (Å²) in [6.07, 6.45) is -0.821. The number of hydrogen-bond donors (Lipinski definition) is 2. The Labute approximate surface area is 120 Å². The number of aliphatic hydroxyl groups excluding tert-OH is 1. The Balaban J connectivity index is 1.85. The van der Waals surface area contributed by atoms with Gasteiger partial charge in [-0.15, -0.1) is 0 Å². The molecule has 0 aromatic heterocycles. The van der Waals surface area contributed by atoms with E-state index in [-0.39, 0.29) is 26.0 Å².